The van der Waals surface area contributed by atoms with Crippen LogP contribution in [0.2, 0.25) is 0 Å². The van der Waals surface area contributed by atoms with Crippen LogP contribution < -0.4 is 5.32 Å². The molecule has 1 aliphatic rings. The first-order valence-corrected chi connectivity index (χ1v) is 7.07. The molecule has 1 aromatic heterocycles. The molecule has 0 unspecified atom stereocenters. The van der Waals surface area contributed by atoms with Crippen LogP contribution in [-0.2, 0) is 16.1 Å². The number of aromatic amines is 1. The van der Waals surface area contributed by atoms with Crippen LogP contribution in [-0.4, -0.2) is 33.3 Å². The molecule has 0 aromatic carbocycles. The minimum atomic E-state index is -0.356. The summed E-state index contributed by atoms with van der Waals surface area (Å²) in [4.78, 5) is 16.0. The molecule has 1 aliphatic carbocycles. The minimum Gasteiger partial charge on any atom is -0.365 e. The van der Waals surface area contributed by atoms with E-state index in [4.69, 9.17) is 4.74 Å². The maximum absolute atomic E-state index is 12.0. The molecule has 6 heteroatoms. The van der Waals surface area contributed by atoms with Crippen molar-refractivity contribution in [3.8, 4) is 0 Å². The smallest absolute Gasteiger partial charge is 0.249 e. The van der Waals surface area contributed by atoms with Crippen molar-refractivity contribution in [2.45, 2.75) is 64.2 Å². The lowest BCUT2D eigenvalue weighted by molar-refractivity contribution is -0.138. The predicted octanol–water partition coefficient (Wildman–Crippen LogP) is 1.55. The quantitative estimate of drug-likeness (QED) is 0.818. The van der Waals surface area contributed by atoms with Crippen molar-refractivity contribution in [1.29, 1.82) is 0 Å². The highest BCUT2D eigenvalue weighted by Gasteiger charge is 2.23. The van der Waals surface area contributed by atoms with Crippen LogP contribution in [0.3, 0.4) is 0 Å². The Bertz CT molecular complexity index is 374. The van der Waals surface area contributed by atoms with Crippen molar-refractivity contribution in [1.82, 2.24) is 20.5 Å². The first-order valence-electron chi connectivity index (χ1n) is 7.07. The van der Waals surface area contributed by atoms with Crippen molar-refractivity contribution >= 4 is 5.91 Å². The Hall–Kier alpha value is -1.43. The molecule has 2 rings (SSSR count). The molecular weight excluding hydrogens is 244 g/mol. The number of carbonyl (C=O) groups is 1. The van der Waals surface area contributed by atoms with Gasteiger partial charge in [-0.25, -0.2) is 4.98 Å². The minimum absolute atomic E-state index is 0.0653. The van der Waals surface area contributed by atoms with E-state index in [1.54, 1.807) is 0 Å². The summed E-state index contributed by atoms with van der Waals surface area (Å²) in [5.74, 6) is 0.588. The van der Waals surface area contributed by atoms with Gasteiger partial charge in [0.2, 0.25) is 5.91 Å². The van der Waals surface area contributed by atoms with Gasteiger partial charge in [-0.2, -0.15) is 5.10 Å². The maximum atomic E-state index is 12.0. The standard InChI is InChI=1S/C13H22N4O2/c1-2-11(19-10-6-4-3-5-7-10)13(18)14-8-12-15-9-16-17-12/h9-11H,2-8H2,1H3,(H,14,18)(H,15,16,17)/t11-/m0/s1. The summed E-state index contributed by atoms with van der Waals surface area (Å²) in [6.07, 6.45) is 7.87. The highest BCUT2D eigenvalue weighted by atomic mass is 16.5. The van der Waals surface area contributed by atoms with E-state index < -0.39 is 0 Å². The second kappa shape index (κ2) is 7.23. The molecule has 0 bridgehead atoms. The van der Waals surface area contributed by atoms with E-state index in [0.717, 1.165) is 12.8 Å². The third-order valence-corrected chi connectivity index (χ3v) is 3.47. The average Bonchev–Trinajstić information content (AvgIpc) is 2.96. The number of hydrogen-bond donors (Lipinski definition) is 2. The van der Waals surface area contributed by atoms with Gasteiger partial charge in [-0.3, -0.25) is 9.89 Å². The Morgan fingerprint density at radius 3 is 2.95 bits per heavy atom. The molecule has 19 heavy (non-hydrogen) atoms. The molecule has 0 radical (unpaired) electrons. The van der Waals surface area contributed by atoms with Gasteiger partial charge < -0.3 is 10.1 Å². The Balaban J connectivity index is 1.77. The molecule has 2 N–H and O–H groups in total. The fraction of sp³-hybridized carbons (Fsp3) is 0.769. The zero-order valence-electron chi connectivity index (χ0n) is 11.4. The van der Waals surface area contributed by atoms with Crippen LogP contribution >= 0.6 is 0 Å². The lowest BCUT2D eigenvalue weighted by atomic mass is 9.97. The molecule has 0 spiro atoms. The number of ether oxygens (including phenoxy) is 1. The molecule has 1 amide bonds. The summed E-state index contributed by atoms with van der Waals surface area (Å²) in [5, 5.41) is 9.28. The molecule has 6 nitrogen and oxygen atoms in total. The van der Waals surface area contributed by atoms with Crippen molar-refractivity contribution in [2.75, 3.05) is 0 Å². The van der Waals surface area contributed by atoms with Gasteiger partial charge in [0, 0.05) is 0 Å². The largest absolute Gasteiger partial charge is 0.365 e. The van der Waals surface area contributed by atoms with Gasteiger partial charge in [0.1, 0.15) is 18.3 Å². The second-order valence-corrected chi connectivity index (χ2v) is 4.94. The second-order valence-electron chi connectivity index (χ2n) is 4.94. The van der Waals surface area contributed by atoms with E-state index in [0.29, 0.717) is 18.8 Å². The Labute approximate surface area is 113 Å². The number of nitrogens with one attached hydrogen (secondary N) is 2. The summed E-state index contributed by atoms with van der Waals surface area (Å²) < 4.78 is 5.91. The van der Waals surface area contributed by atoms with E-state index >= 15 is 0 Å². The van der Waals surface area contributed by atoms with Gasteiger partial charge in [-0.15, -0.1) is 0 Å². The normalized spacial score (nSPS) is 18.2. The van der Waals surface area contributed by atoms with E-state index in [2.05, 4.69) is 20.5 Å². The van der Waals surface area contributed by atoms with E-state index in [9.17, 15) is 4.79 Å². The summed E-state index contributed by atoms with van der Waals surface area (Å²) in [7, 11) is 0. The van der Waals surface area contributed by atoms with E-state index in [-0.39, 0.29) is 18.1 Å². The van der Waals surface area contributed by atoms with Gasteiger partial charge in [0.15, 0.2) is 0 Å². The van der Waals surface area contributed by atoms with Crippen LogP contribution in [0, 0.1) is 0 Å². The molecule has 1 heterocycles. The monoisotopic (exact) mass is 266 g/mol. The van der Waals surface area contributed by atoms with Gasteiger partial charge in [-0.05, 0) is 19.3 Å². The van der Waals surface area contributed by atoms with Crippen molar-refractivity contribution in [3.63, 3.8) is 0 Å². The fourth-order valence-electron chi connectivity index (χ4n) is 2.38. The highest BCUT2D eigenvalue weighted by Crippen LogP contribution is 2.22. The highest BCUT2D eigenvalue weighted by molar-refractivity contribution is 5.80. The molecule has 1 aromatic rings. The van der Waals surface area contributed by atoms with Crippen LogP contribution in [0.5, 0.6) is 0 Å². The summed E-state index contributed by atoms with van der Waals surface area (Å²) >= 11 is 0. The lowest BCUT2D eigenvalue weighted by Gasteiger charge is -2.26. The number of rotatable bonds is 6. The van der Waals surface area contributed by atoms with Crippen molar-refractivity contribution in [2.24, 2.45) is 0 Å². The van der Waals surface area contributed by atoms with Gasteiger partial charge >= 0.3 is 0 Å². The zero-order chi connectivity index (χ0) is 13.5. The SMILES string of the molecule is CC[C@H](OC1CCCCC1)C(=O)NCc1ncn[nH]1. The summed E-state index contributed by atoms with van der Waals surface area (Å²) in [5.41, 5.74) is 0. The number of nitrogens with zero attached hydrogens (tertiary/aromatic N) is 2. The van der Waals surface area contributed by atoms with Gasteiger partial charge in [0.25, 0.3) is 0 Å². The van der Waals surface area contributed by atoms with Crippen LogP contribution in [0.4, 0.5) is 0 Å². The molecule has 106 valence electrons. The van der Waals surface area contributed by atoms with Crippen molar-refractivity contribution in [3.05, 3.63) is 12.2 Å². The van der Waals surface area contributed by atoms with E-state index in [1.807, 2.05) is 6.92 Å². The van der Waals surface area contributed by atoms with Crippen molar-refractivity contribution < 1.29 is 9.53 Å². The molecule has 1 atom stereocenters. The predicted molar refractivity (Wildman–Crippen MR) is 70.3 cm³/mol. The van der Waals surface area contributed by atoms with E-state index in [1.165, 1.54) is 25.6 Å². The third-order valence-electron chi connectivity index (χ3n) is 3.47. The molecule has 1 fully saturated rings. The summed E-state index contributed by atoms with van der Waals surface area (Å²) in [6, 6.07) is 0. The van der Waals surface area contributed by atoms with Crippen LogP contribution in [0.25, 0.3) is 0 Å². The number of hydrogen-bond acceptors (Lipinski definition) is 4. The Morgan fingerprint density at radius 2 is 2.32 bits per heavy atom. The van der Waals surface area contributed by atoms with Gasteiger partial charge in [0.05, 0.1) is 12.6 Å². The average molecular weight is 266 g/mol. The maximum Gasteiger partial charge on any atom is 0.249 e. The molecule has 1 saturated carbocycles. The number of carbonyl (C=O) groups excluding carboxylic acids is 1. The first kappa shape index (κ1) is 14.0. The van der Waals surface area contributed by atoms with Gasteiger partial charge in [-0.1, -0.05) is 26.2 Å². The first-order chi connectivity index (χ1) is 9.29. The zero-order valence-corrected chi connectivity index (χ0v) is 11.4. The van der Waals surface area contributed by atoms with Crippen LogP contribution in [0.15, 0.2) is 6.33 Å². The lowest BCUT2D eigenvalue weighted by Crippen LogP contribution is -2.38. The Kier molecular flexibility index (Phi) is 5.32. The molecule has 0 aliphatic heterocycles. The third kappa shape index (κ3) is 4.31. The fourth-order valence-corrected chi connectivity index (χ4v) is 2.38. The summed E-state index contributed by atoms with van der Waals surface area (Å²) in [6.45, 7) is 2.34. The Morgan fingerprint density at radius 1 is 1.53 bits per heavy atom. The topological polar surface area (TPSA) is 79.9 Å². The number of aromatic nitrogens is 3. The number of H-pyrrole nitrogens is 1. The van der Waals surface area contributed by atoms with Crippen LogP contribution in [0.1, 0.15) is 51.3 Å². The molecule has 0 saturated heterocycles. The number of amides is 1. The molecular formula is C13H22N4O2.